The van der Waals surface area contributed by atoms with Gasteiger partial charge in [-0.05, 0) is 18.6 Å². The van der Waals surface area contributed by atoms with Crippen molar-refractivity contribution >= 4 is 22.9 Å². The molecule has 0 radical (unpaired) electrons. The molecule has 1 aromatic carbocycles. The average Bonchev–Trinajstić information content (AvgIpc) is 3.04. The second kappa shape index (κ2) is 8.41. The summed E-state index contributed by atoms with van der Waals surface area (Å²) < 4.78 is 5.31. The van der Waals surface area contributed by atoms with Crippen LogP contribution in [0.2, 0.25) is 0 Å². The molecule has 1 atom stereocenters. The number of benzene rings is 1. The molecule has 0 aliphatic carbocycles. The summed E-state index contributed by atoms with van der Waals surface area (Å²) in [6.07, 6.45) is 0.862. The molecule has 4 N–H and O–H groups in total. The van der Waals surface area contributed by atoms with Crippen LogP contribution in [0.3, 0.4) is 0 Å². The van der Waals surface area contributed by atoms with E-state index in [1.54, 1.807) is 6.92 Å². The minimum atomic E-state index is -1.26. The Morgan fingerprint density at radius 2 is 2.04 bits per heavy atom. The van der Waals surface area contributed by atoms with E-state index in [0.29, 0.717) is 26.3 Å². The number of carbonyl (C=O) groups is 2. The predicted molar refractivity (Wildman–Crippen MR) is 102 cm³/mol. The lowest BCUT2D eigenvalue weighted by Crippen LogP contribution is -2.58. The summed E-state index contributed by atoms with van der Waals surface area (Å²) >= 11 is 0. The van der Waals surface area contributed by atoms with E-state index < -0.39 is 11.6 Å². The van der Waals surface area contributed by atoms with Crippen LogP contribution < -0.4 is 10.6 Å². The molecule has 8 nitrogen and oxygen atoms in total. The minimum Gasteiger partial charge on any atom is -0.465 e. The Morgan fingerprint density at radius 1 is 1.30 bits per heavy atom. The Morgan fingerprint density at radius 3 is 2.78 bits per heavy atom. The Hall–Kier alpha value is -2.58. The summed E-state index contributed by atoms with van der Waals surface area (Å²) in [6.45, 7) is 5.88. The van der Waals surface area contributed by atoms with Gasteiger partial charge in [0.15, 0.2) is 0 Å². The highest BCUT2D eigenvalue weighted by atomic mass is 16.5. The molecule has 3 rings (SSSR count). The molecule has 146 valence electrons. The van der Waals surface area contributed by atoms with Crippen LogP contribution in [-0.2, 0) is 16.0 Å². The van der Waals surface area contributed by atoms with Crippen LogP contribution in [0.25, 0.3) is 10.9 Å². The van der Waals surface area contributed by atoms with Crippen LogP contribution >= 0.6 is 0 Å². The van der Waals surface area contributed by atoms with Gasteiger partial charge < -0.3 is 25.5 Å². The van der Waals surface area contributed by atoms with Crippen LogP contribution in [0.5, 0.6) is 0 Å². The number of hydrogen-bond acceptors (Lipinski definition) is 4. The van der Waals surface area contributed by atoms with Crippen molar-refractivity contribution in [3.63, 3.8) is 0 Å². The molecular weight excluding hydrogens is 348 g/mol. The molecule has 0 saturated carbocycles. The first kappa shape index (κ1) is 19.2. The predicted octanol–water partition coefficient (Wildman–Crippen LogP) is 1.19. The van der Waals surface area contributed by atoms with Crippen molar-refractivity contribution in [2.75, 3.05) is 39.4 Å². The summed E-state index contributed by atoms with van der Waals surface area (Å²) in [6, 6.07) is 7.75. The number of carboxylic acid groups (broad SMARTS) is 1. The van der Waals surface area contributed by atoms with Crippen LogP contribution in [0, 0.1) is 0 Å². The van der Waals surface area contributed by atoms with Gasteiger partial charge in [0, 0.05) is 49.7 Å². The number of aromatic nitrogens is 1. The maximum atomic E-state index is 12.8. The summed E-state index contributed by atoms with van der Waals surface area (Å²) in [7, 11) is 0. The molecule has 27 heavy (non-hydrogen) atoms. The first-order chi connectivity index (χ1) is 13.0. The van der Waals surface area contributed by atoms with Gasteiger partial charge in [0.25, 0.3) is 0 Å². The van der Waals surface area contributed by atoms with Gasteiger partial charge >= 0.3 is 6.09 Å². The van der Waals surface area contributed by atoms with Gasteiger partial charge in [-0.1, -0.05) is 18.2 Å². The van der Waals surface area contributed by atoms with Gasteiger partial charge in [-0.2, -0.15) is 0 Å². The third kappa shape index (κ3) is 4.78. The van der Waals surface area contributed by atoms with Crippen LogP contribution in [0.4, 0.5) is 4.79 Å². The number of hydrogen-bond donors (Lipinski definition) is 4. The number of carbonyl (C=O) groups excluding carboxylic acids is 1. The molecule has 1 aromatic heterocycles. The maximum Gasteiger partial charge on any atom is 0.405 e. The Labute approximate surface area is 157 Å². The molecule has 8 heteroatoms. The van der Waals surface area contributed by atoms with Crippen molar-refractivity contribution in [2.45, 2.75) is 18.9 Å². The fourth-order valence-electron chi connectivity index (χ4n) is 3.42. The van der Waals surface area contributed by atoms with Gasteiger partial charge in [-0.15, -0.1) is 0 Å². The molecule has 0 bridgehead atoms. The fourth-order valence-corrected chi connectivity index (χ4v) is 3.42. The second-order valence-corrected chi connectivity index (χ2v) is 7.01. The molecule has 2 heterocycles. The summed E-state index contributed by atoms with van der Waals surface area (Å²) in [5.74, 6) is -0.330. The number of nitrogens with one attached hydrogen (secondary N) is 3. The molecule has 1 aliphatic heterocycles. The third-order valence-electron chi connectivity index (χ3n) is 4.92. The lowest BCUT2D eigenvalue weighted by Gasteiger charge is -2.30. The van der Waals surface area contributed by atoms with Crippen molar-refractivity contribution in [3.8, 4) is 0 Å². The first-order valence-electron chi connectivity index (χ1n) is 9.12. The fraction of sp³-hybridized carbons (Fsp3) is 0.474. The molecule has 1 saturated heterocycles. The van der Waals surface area contributed by atoms with Gasteiger partial charge in [0.05, 0.1) is 13.2 Å². The molecular formula is C19H26N4O4. The van der Waals surface area contributed by atoms with Gasteiger partial charge in [0.2, 0.25) is 5.91 Å². The lowest BCUT2D eigenvalue weighted by molar-refractivity contribution is -0.126. The van der Waals surface area contributed by atoms with E-state index in [0.717, 1.165) is 29.6 Å². The zero-order chi connectivity index (χ0) is 19.3. The number of amides is 2. The number of H-pyrrole nitrogens is 1. The van der Waals surface area contributed by atoms with Crippen molar-refractivity contribution in [3.05, 3.63) is 36.0 Å². The van der Waals surface area contributed by atoms with Gasteiger partial charge in [-0.3, -0.25) is 9.69 Å². The maximum absolute atomic E-state index is 12.8. The highest BCUT2D eigenvalue weighted by Gasteiger charge is 2.35. The van der Waals surface area contributed by atoms with Gasteiger partial charge in [0.1, 0.15) is 5.54 Å². The monoisotopic (exact) mass is 374 g/mol. The third-order valence-corrected chi connectivity index (χ3v) is 4.92. The Kier molecular flexibility index (Phi) is 5.98. The zero-order valence-electron chi connectivity index (χ0n) is 15.5. The topological polar surface area (TPSA) is 107 Å². The largest absolute Gasteiger partial charge is 0.465 e. The van der Waals surface area contributed by atoms with Crippen LogP contribution in [-0.4, -0.2) is 71.9 Å². The summed E-state index contributed by atoms with van der Waals surface area (Å²) in [5, 5.41) is 15.5. The standard InChI is InChI=1S/C19H26N4O4/c1-19(22-18(25)26,12-14-13-21-16-5-3-2-4-15(14)16)17(24)20-6-7-23-8-10-27-11-9-23/h2-5,13,21-22H,6-12H2,1H3,(H,20,24)(H,25,26). The van der Waals surface area contributed by atoms with Crippen molar-refractivity contribution in [1.29, 1.82) is 0 Å². The number of rotatable bonds is 7. The molecule has 2 amide bonds. The number of para-hydroxylation sites is 1. The smallest absolute Gasteiger partial charge is 0.405 e. The van der Waals surface area contributed by atoms with Crippen molar-refractivity contribution in [1.82, 2.24) is 20.5 Å². The Bertz CT molecular complexity index is 800. The minimum absolute atomic E-state index is 0.257. The number of fused-ring (bicyclic) bond motifs is 1. The van der Waals surface area contributed by atoms with E-state index in [1.165, 1.54) is 0 Å². The highest BCUT2D eigenvalue weighted by Crippen LogP contribution is 2.22. The number of nitrogens with zero attached hydrogens (tertiary/aromatic N) is 1. The molecule has 1 fully saturated rings. The first-order valence-corrected chi connectivity index (χ1v) is 9.12. The highest BCUT2D eigenvalue weighted by molar-refractivity contribution is 5.91. The molecule has 0 spiro atoms. The van der Waals surface area contributed by atoms with E-state index in [2.05, 4.69) is 20.5 Å². The van der Waals surface area contributed by atoms with E-state index in [-0.39, 0.29) is 12.3 Å². The van der Waals surface area contributed by atoms with E-state index >= 15 is 0 Å². The van der Waals surface area contributed by atoms with Crippen molar-refractivity contribution < 1.29 is 19.4 Å². The molecule has 2 aromatic rings. The van der Waals surface area contributed by atoms with Crippen LogP contribution in [0.1, 0.15) is 12.5 Å². The summed E-state index contributed by atoms with van der Waals surface area (Å²) in [5.41, 5.74) is 0.588. The average molecular weight is 374 g/mol. The number of ether oxygens (including phenoxy) is 1. The molecule has 1 unspecified atom stereocenters. The van der Waals surface area contributed by atoms with E-state index in [1.807, 2.05) is 30.5 Å². The van der Waals surface area contributed by atoms with Gasteiger partial charge in [-0.25, -0.2) is 4.79 Å². The number of morpholine rings is 1. The number of aromatic amines is 1. The Balaban J connectivity index is 1.67. The molecule has 1 aliphatic rings. The van der Waals surface area contributed by atoms with E-state index in [4.69, 9.17) is 4.74 Å². The normalized spacial score (nSPS) is 17.4. The second-order valence-electron chi connectivity index (χ2n) is 7.01. The SMILES string of the molecule is CC(Cc1c[nH]c2ccccc12)(NC(=O)O)C(=O)NCCN1CCOCC1. The van der Waals surface area contributed by atoms with Crippen LogP contribution in [0.15, 0.2) is 30.5 Å². The van der Waals surface area contributed by atoms with Crippen molar-refractivity contribution in [2.24, 2.45) is 0 Å². The quantitative estimate of drug-likeness (QED) is 0.582. The lowest BCUT2D eigenvalue weighted by atomic mass is 9.91. The summed E-state index contributed by atoms with van der Waals surface area (Å²) in [4.78, 5) is 29.5. The van der Waals surface area contributed by atoms with E-state index in [9.17, 15) is 14.7 Å². The zero-order valence-corrected chi connectivity index (χ0v) is 15.5.